The van der Waals surface area contributed by atoms with Gasteiger partial charge in [0.05, 0.1) is 12.2 Å². The number of aliphatic hydroxyl groups is 1. The van der Waals surface area contributed by atoms with E-state index in [2.05, 4.69) is 31.2 Å². The number of ether oxygens (including phenoxy) is 1. The monoisotopic (exact) mass is 270 g/mol. The molecule has 0 aromatic heterocycles. The summed E-state index contributed by atoms with van der Waals surface area (Å²) in [4.78, 5) is 0. The molecule has 1 aliphatic heterocycles. The van der Waals surface area contributed by atoms with Gasteiger partial charge in [0.25, 0.3) is 0 Å². The van der Waals surface area contributed by atoms with E-state index in [1.165, 1.54) is 16.3 Å². The summed E-state index contributed by atoms with van der Waals surface area (Å²) in [6, 6.07) is 12.5. The number of hydrogen-bond donors (Lipinski definition) is 1. The third kappa shape index (κ3) is 2.72. The van der Waals surface area contributed by atoms with E-state index in [9.17, 15) is 5.11 Å². The highest BCUT2D eigenvalue weighted by Gasteiger charge is 2.19. The molecule has 2 atom stereocenters. The maximum Gasteiger partial charge on any atom is 0.0799 e. The summed E-state index contributed by atoms with van der Waals surface area (Å²) in [7, 11) is 0. The molecular weight excluding hydrogens is 248 g/mol. The van der Waals surface area contributed by atoms with Crippen LogP contribution in [0.2, 0.25) is 0 Å². The molecule has 1 aliphatic rings. The molecule has 2 unspecified atom stereocenters. The number of rotatable bonds is 4. The standard InChI is InChI=1S/C18H22O2/c1-13-8-9-14-5-2-3-7-16(14)18(13)17(19)11-10-15-6-4-12-20-15/h2-3,5,7-9,15,17,19H,4,6,10-12H2,1H3. The van der Waals surface area contributed by atoms with Gasteiger partial charge in [-0.3, -0.25) is 0 Å². The summed E-state index contributed by atoms with van der Waals surface area (Å²) in [6.45, 7) is 2.96. The Bertz CT molecular complexity index is 585. The molecule has 1 N–H and O–H groups in total. The maximum atomic E-state index is 10.6. The van der Waals surface area contributed by atoms with Crippen LogP contribution in [0, 0.1) is 6.92 Å². The first-order chi connectivity index (χ1) is 9.75. The van der Waals surface area contributed by atoms with E-state index >= 15 is 0 Å². The first kappa shape index (κ1) is 13.6. The van der Waals surface area contributed by atoms with Crippen LogP contribution in [0.4, 0.5) is 0 Å². The largest absolute Gasteiger partial charge is 0.388 e. The summed E-state index contributed by atoms with van der Waals surface area (Å²) in [6.07, 6.45) is 3.98. The number of hydrogen-bond acceptors (Lipinski definition) is 2. The smallest absolute Gasteiger partial charge is 0.0799 e. The Balaban J connectivity index is 1.82. The molecule has 0 spiro atoms. The topological polar surface area (TPSA) is 29.5 Å². The van der Waals surface area contributed by atoms with Crippen molar-refractivity contribution in [3.05, 3.63) is 47.5 Å². The van der Waals surface area contributed by atoms with Gasteiger partial charge < -0.3 is 9.84 Å². The molecule has 0 bridgehead atoms. The predicted octanol–water partition coefficient (Wildman–Crippen LogP) is 4.14. The minimum absolute atomic E-state index is 0.347. The third-order valence-corrected chi connectivity index (χ3v) is 4.31. The fourth-order valence-electron chi connectivity index (χ4n) is 3.21. The van der Waals surface area contributed by atoms with Gasteiger partial charge >= 0.3 is 0 Å². The molecular formula is C18H22O2. The second kappa shape index (κ2) is 5.94. The molecule has 0 radical (unpaired) electrons. The third-order valence-electron chi connectivity index (χ3n) is 4.31. The van der Waals surface area contributed by atoms with Gasteiger partial charge in [0.2, 0.25) is 0 Å². The fraction of sp³-hybridized carbons (Fsp3) is 0.444. The molecule has 3 rings (SSSR count). The highest BCUT2D eigenvalue weighted by molar-refractivity contribution is 5.87. The van der Waals surface area contributed by atoms with Gasteiger partial charge in [0, 0.05) is 6.61 Å². The number of aliphatic hydroxyl groups excluding tert-OH is 1. The molecule has 1 saturated heterocycles. The van der Waals surface area contributed by atoms with Crippen LogP contribution in [0.25, 0.3) is 10.8 Å². The molecule has 0 amide bonds. The van der Waals surface area contributed by atoms with Crippen molar-refractivity contribution in [1.29, 1.82) is 0 Å². The van der Waals surface area contributed by atoms with Crippen molar-refractivity contribution in [3.8, 4) is 0 Å². The minimum atomic E-state index is -0.398. The van der Waals surface area contributed by atoms with E-state index in [0.717, 1.165) is 37.9 Å². The summed E-state index contributed by atoms with van der Waals surface area (Å²) >= 11 is 0. The molecule has 106 valence electrons. The second-order valence-corrected chi connectivity index (χ2v) is 5.75. The quantitative estimate of drug-likeness (QED) is 0.904. The zero-order valence-electron chi connectivity index (χ0n) is 12.0. The SMILES string of the molecule is Cc1ccc2ccccc2c1C(O)CCC1CCCO1. The van der Waals surface area contributed by atoms with E-state index in [0.29, 0.717) is 6.10 Å². The fourth-order valence-corrected chi connectivity index (χ4v) is 3.21. The average molecular weight is 270 g/mol. The number of aryl methyl sites for hydroxylation is 1. The van der Waals surface area contributed by atoms with Crippen molar-refractivity contribution in [2.24, 2.45) is 0 Å². The van der Waals surface area contributed by atoms with Gasteiger partial charge in [-0.15, -0.1) is 0 Å². The van der Waals surface area contributed by atoms with Gasteiger partial charge in [0.1, 0.15) is 0 Å². The Morgan fingerprint density at radius 1 is 1.25 bits per heavy atom. The Kier molecular flexibility index (Phi) is 4.04. The molecule has 0 saturated carbocycles. The Morgan fingerprint density at radius 3 is 2.90 bits per heavy atom. The lowest BCUT2D eigenvalue weighted by atomic mass is 9.93. The lowest BCUT2D eigenvalue weighted by Crippen LogP contribution is -2.09. The Hall–Kier alpha value is -1.38. The molecule has 1 fully saturated rings. The van der Waals surface area contributed by atoms with Crippen LogP contribution in [-0.4, -0.2) is 17.8 Å². The van der Waals surface area contributed by atoms with E-state index in [-0.39, 0.29) is 0 Å². The van der Waals surface area contributed by atoms with E-state index in [1.54, 1.807) is 0 Å². The average Bonchev–Trinajstić information content (AvgIpc) is 2.98. The summed E-state index contributed by atoms with van der Waals surface area (Å²) in [5.74, 6) is 0. The van der Waals surface area contributed by atoms with Crippen LogP contribution in [0.5, 0.6) is 0 Å². The van der Waals surface area contributed by atoms with Crippen LogP contribution in [0.1, 0.15) is 42.9 Å². The van der Waals surface area contributed by atoms with Crippen LogP contribution < -0.4 is 0 Å². The molecule has 2 heteroatoms. The van der Waals surface area contributed by atoms with Gasteiger partial charge in [-0.05, 0) is 54.5 Å². The first-order valence-corrected chi connectivity index (χ1v) is 7.53. The Labute approximate surface area is 120 Å². The normalized spacial score (nSPS) is 20.4. The molecule has 20 heavy (non-hydrogen) atoms. The lowest BCUT2D eigenvalue weighted by Gasteiger charge is -2.18. The molecule has 2 aromatic rings. The molecule has 0 aliphatic carbocycles. The number of fused-ring (bicyclic) bond motifs is 1. The number of benzene rings is 2. The van der Waals surface area contributed by atoms with E-state index in [1.807, 2.05) is 12.1 Å². The van der Waals surface area contributed by atoms with E-state index in [4.69, 9.17) is 4.74 Å². The zero-order chi connectivity index (χ0) is 13.9. The summed E-state index contributed by atoms with van der Waals surface area (Å²) in [5, 5.41) is 13.0. The highest BCUT2D eigenvalue weighted by atomic mass is 16.5. The van der Waals surface area contributed by atoms with Crippen molar-refractivity contribution >= 4 is 10.8 Å². The van der Waals surface area contributed by atoms with E-state index < -0.39 is 6.10 Å². The van der Waals surface area contributed by atoms with Gasteiger partial charge in [-0.2, -0.15) is 0 Å². The molecule has 2 aromatic carbocycles. The van der Waals surface area contributed by atoms with Gasteiger partial charge in [-0.25, -0.2) is 0 Å². The lowest BCUT2D eigenvalue weighted by molar-refractivity contribution is 0.0814. The molecule has 1 heterocycles. The second-order valence-electron chi connectivity index (χ2n) is 5.75. The van der Waals surface area contributed by atoms with Gasteiger partial charge in [-0.1, -0.05) is 36.4 Å². The Morgan fingerprint density at radius 2 is 2.10 bits per heavy atom. The van der Waals surface area contributed by atoms with Crippen LogP contribution in [-0.2, 0) is 4.74 Å². The van der Waals surface area contributed by atoms with Crippen LogP contribution in [0.3, 0.4) is 0 Å². The van der Waals surface area contributed by atoms with Crippen molar-refractivity contribution in [2.75, 3.05) is 6.61 Å². The predicted molar refractivity (Wildman–Crippen MR) is 81.9 cm³/mol. The van der Waals surface area contributed by atoms with Crippen LogP contribution >= 0.6 is 0 Å². The zero-order valence-corrected chi connectivity index (χ0v) is 12.0. The van der Waals surface area contributed by atoms with Crippen molar-refractivity contribution < 1.29 is 9.84 Å². The first-order valence-electron chi connectivity index (χ1n) is 7.53. The van der Waals surface area contributed by atoms with Crippen molar-refractivity contribution in [2.45, 2.75) is 44.8 Å². The minimum Gasteiger partial charge on any atom is -0.388 e. The van der Waals surface area contributed by atoms with Gasteiger partial charge in [0.15, 0.2) is 0 Å². The van der Waals surface area contributed by atoms with Crippen molar-refractivity contribution in [3.63, 3.8) is 0 Å². The molecule has 2 nitrogen and oxygen atoms in total. The summed E-state index contributed by atoms with van der Waals surface area (Å²) < 4.78 is 5.65. The van der Waals surface area contributed by atoms with Crippen LogP contribution in [0.15, 0.2) is 36.4 Å². The summed E-state index contributed by atoms with van der Waals surface area (Å²) in [5.41, 5.74) is 2.25. The highest BCUT2D eigenvalue weighted by Crippen LogP contribution is 2.31. The van der Waals surface area contributed by atoms with Crippen molar-refractivity contribution in [1.82, 2.24) is 0 Å². The maximum absolute atomic E-state index is 10.6.